The van der Waals surface area contributed by atoms with E-state index in [0.717, 1.165) is 31.2 Å². The van der Waals surface area contributed by atoms with Crippen LogP contribution in [0.3, 0.4) is 0 Å². The van der Waals surface area contributed by atoms with Crippen molar-refractivity contribution in [2.45, 2.75) is 57.0 Å². The molecule has 6 nitrogen and oxygen atoms in total. The number of carbonyl (C=O) groups is 1. The molecule has 136 valence electrons. The van der Waals surface area contributed by atoms with Gasteiger partial charge in [0.15, 0.2) is 0 Å². The Labute approximate surface area is 145 Å². The van der Waals surface area contributed by atoms with Gasteiger partial charge in [0, 0.05) is 31.7 Å². The minimum atomic E-state index is -3.17. The maximum Gasteiger partial charge on any atom is 0.317 e. The van der Waals surface area contributed by atoms with E-state index in [1.165, 1.54) is 42.7 Å². The first-order valence-corrected chi connectivity index (χ1v) is 11.3. The summed E-state index contributed by atoms with van der Waals surface area (Å²) >= 11 is 0. The Balaban J connectivity index is 1.41. The zero-order valence-electron chi connectivity index (χ0n) is 14.5. The molecule has 2 amide bonds. The fraction of sp³-hybridized carbons (Fsp3) is 0.941. The average Bonchev–Trinajstić information content (AvgIpc) is 2.70. The Morgan fingerprint density at radius 2 is 1.67 bits per heavy atom. The standard InChI is InChI=1S/C17H29N3O3S/c1-24(22,23)19-4-2-3-15(11-19)18-17(21)20-10-14-6-12-5-13(7-14)9-16(20)8-12/h12-16H,2-11H2,1H3,(H,18,21). The van der Waals surface area contributed by atoms with Crippen LogP contribution in [0.15, 0.2) is 0 Å². The van der Waals surface area contributed by atoms with Crippen LogP contribution in [0.5, 0.6) is 0 Å². The fourth-order valence-corrected chi connectivity index (χ4v) is 6.56. The van der Waals surface area contributed by atoms with Crippen LogP contribution in [0.2, 0.25) is 0 Å². The molecule has 3 unspecified atom stereocenters. The lowest BCUT2D eigenvalue weighted by Crippen LogP contribution is -2.54. The Morgan fingerprint density at radius 1 is 1.00 bits per heavy atom. The first-order chi connectivity index (χ1) is 11.4. The molecule has 3 heterocycles. The van der Waals surface area contributed by atoms with Crippen molar-refractivity contribution < 1.29 is 13.2 Å². The zero-order valence-corrected chi connectivity index (χ0v) is 15.3. The molecule has 0 aromatic carbocycles. The van der Waals surface area contributed by atoms with E-state index < -0.39 is 10.0 Å². The summed E-state index contributed by atoms with van der Waals surface area (Å²) in [5.41, 5.74) is 0. The number of urea groups is 1. The number of fused-ring (bicyclic) bond motifs is 1. The Morgan fingerprint density at radius 3 is 2.33 bits per heavy atom. The number of piperidine rings is 1. The minimum absolute atomic E-state index is 0.0357. The number of nitrogens with one attached hydrogen (secondary N) is 1. The lowest BCUT2D eigenvalue weighted by molar-refractivity contribution is 0.129. The number of amides is 2. The summed E-state index contributed by atoms with van der Waals surface area (Å²) in [5, 5.41) is 3.14. The van der Waals surface area contributed by atoms with E-state index in [1.54, 1.807) is 0 Å². The van der Waals surface area contributed by atoms with Gasteiger partial charge in [-0.25, -0.2) is 17.5 Å². The molecule has 2 aliphatic carbocycles. The first-order valence-electron chi connectivity index (χ1n) is 9.40. The van der Waals surface area contributed by atoms with Crippen molar-refractivity contribution in [2.75, 3.05) is 25.9 Å². The molecular formula is C17H29N3O3S. The normalized spacial score (nSPS) is 39.7. The molecule has 0 radical (unpaired) electrons. The summed E-state index contributed by atoms with van der Waals surface area (Å²) in [6.07, 6.45) is 9.22. The highest BCUT2D eigenvalue weighted by atomic mass is 32.2. The maximum atomic E-state index is 12.9. The largest absolute Gasteiger partial charge is 0.334 e. The van der Waals surface area contributed by atoms with Gasteiger partial charge in [-0.3, -0.25) is 0 Å². The highest BCUT2D eigenvalue weighted by Gasteiger charge is 2.44. The van der Waals surface area contributed by atoms with Crippen LogP contribution in [0, 0.1) is 17.8 Å². The molecule has 4 bridgehead atoms. The van der Waals surface area contributed by atoms with Crippen LogP contribution >= 0.6 is 0 Å². The maximum absolute atomic E-state index is 12.9. The van der Waals surface area contributed by atoms with Crippen molar-refractivity contribution in [1.29, 1.82) is 0 Å². The van der Waals surface area contributed by atoms with Crippen molar-refractivity contribution in [3.63, 3.8) is 0 Å². The van der Waals surface area contributed by atoms with Crippen LogP contribution in [0.1, 0.15) is 44.9 Å². The number of hydrogen-bond acceptors (Lipinski definition) is 3. The van der Waals surface area contributed by atoms with Gasteiger partial charge in [0.2, 0.25) is 10.0 Å². The molecule has 0 aromatic heterocycles. The molecule has 1 N–H and O–H groups in total. The van der Waals surface area contributed by atoms with Gasteiger partial charge in [0.25, 0.3) is 0 Å². The van der Waals surface area contributed by atoms with E-state index in [1.807, 2.05) is 0 Å². The molecule has 3 saturated heterocycles. The van der Waals surface area contributed by atoms with Crippen molar-refractivity contribution in [1.82, 2.24) is 14.5 Å². The van der Waals surface area contributed by atoms with Crippen molar-refractivity contribution in [3.05, 3.63) is 0 Å². The third-order valence-corrected chi connectivity index (χ3v) is 7.82. The summed E-state index contributed by atoms with van der Waals surface area (Å²) < 4.78 is 25.0. The third kappa shape index (κ3) is 3.29. The fourth-order valence-electron chi connectivity index (χ4n) is 5.65. The van der Waals surface area contributed by atoms with Gasteiger partial charge in [-0.2, -0.15) is 0 Å². The number of hydrogen-bond donors (Lipinski definition) is 1. The van der Waals surface area contributed by atoms with Crippen LogP contribution < -0.4 is 5.32 Å². The molecule has 5 aliphatic rings. The highest BCUT2D eigenvalue weighted by molar-refractivity contribution is 7.88. The smallest absolute Gasteiger partial charge is 0.317 e. The molecule has 5 fully saturated rings. The first kappa shape index (κ1) is 16.6. The lowest BCUT2D eigenvalue weighted by Gasteiger charge is -2.39. The van der Waals surface area contributed by atoms with E-state index in [9.17, 15) is 13.2 Å². The molecule has 7 heteroatoms. The Kier molecular flexibility index (Phi) is 4.27. The molecule has 2 saturated carbocycles. The van der Waals surface area contributed by atoms with Crippen molar-refractivity contribution in [3.8, 4) is 0 Å². The summed E-state index contributed by atoms with van der Waals surface area (Å²) in [6, 6.07) is 0.378. The second-order valence-electron chi connectivity index (χ2n) is 8.49. The van der Waals surface area contributed by atoms with Crippen molar-refractivity contribution in [2.24, 2.45) is 17.8 Å². The SMILES string of the molecule is CS(=O)(=O)N1CCCC(NC(=O)N2CC3CC4CC(C3)CC2C4)C1. The van der Waals surface area contributed by atoms with Gasteiger partial charge in [0.1, 0.15) is 0 Å². The Bertz CT molecular complexity index is 594. The van der Waals surface area contributed by atoms with Gasteiger partial charge in [-0.15, -0.1) is 0 Å². The van der Waals surface area contributed by atoms with Crippen LogP contribution in [0.4, 0.5) is 4.79 Å². The lowest BCUT2D eigenvalue weighted by atomic mass is 9.68. The topological polar surface area (TPSA) is 69.7 Å². The molecule has 0 spiro atoms. The molecule has 3 aliphatic heterocycles. The molecule has 3 atom stereocenters. The molecule has 0 aromatic rings. The predicted octanol–water partition coefficient (Wildman–Crippen LogP) is 1.63. The molecular weight excluding hydrogens is 326 g/mol. The van der Waals surface area contributed by atoms with Gasteiger partial charge in [-0.05, 0) is 62.7 Å². The van der Waals surface area contributed by atoms with Crippen LogP contribution in [-0.2, 0) is 10.0 Å². The van der Waals surface area contributed by atoms with Crippen LogP contribution in [-0.4, -0.2) is 61.6 Å². The van der Waals surface area contributed by atoms with E-state index in [2.05, 4.69) is 10.2 Å². The van der Waals surface area contributed by atoms with E-state index in [-0.39, 0.29) is 12.1 Å². The van der Waals surface area contributed by atoms with E-state index in [0.29, 0.717) is 25.0 Å². The van der Waals surface area contributed by atoms with Gasteiger partial charge < -0.3 is 10.2 Å². The number of nitrogens with zero attached hydrogens (tertiary/aromatic N) is 2. The third-order valence-electron chi connectivity index (χ3n) is 6.55. The predicted molar refractivity (Wildman–Crippen MR) is 92.0 cm³/mol. The highest BCUT2D eigenvalue weighted by Crippen LogP contribution is 2.47. The second kappa shape index (κ2) is 6.16. The average molecular weight is 356 g/mol. The summed E-state index contributed by atoms with van der Waals surface area (Å²) in [4.78, 5) is 15.0. The van der Waals surface area contributed by atoms with Crippen LogP contribution in [0.25, 0.3) is 0 Å². The number of carbonyl (C=O) groups excluding carboxylic acids is 1. The minimum Gasteiger partial charge on any atom is -0.334 e. The number of sulfonamides is 1. The monoisotopic (exact) mass is 355 g/mol. The number of rotatable bonds is 2. The molecule has 24 heavy (non-hydrogen) atoms. The van der Waals surface area contributed by atoms with Crippen molar-refractivity contribution >= 4 is 16.1 Å². The summed E-state index contributed by atoms with van der Waals surface area (Å²) in [6.45, 7) is 1.88. The Hall–Kier alpha value is -0.820. The van der Waals surface area contributed by atoms with Gasteiger partial charge >= 0.3 is 6.03 Å². The second-order valence-corrected chi connectivity index (χ2v) is 10.5. The summed E-state index contributed by atoms with van der Waals surface area (Å²) in [5.74, 6) is 2.31. The van der Waals surface area contributed by atoms with Gasteiger partial charge in [0.05, 0.1) is 6.26 Å². The quantitative estimate of drug-likeness (QED) is 0.818. The van der Waals surface area contributed by atoms with E-state index in [4.69, 9.17) is 0 Å². The van der Waals surface area contributed by atoms with E-state index >= 15 is 0 Å². The van der Waals surface area contributed by atoms with Gasteiger partial charge in [-0.1, -0.05) is 0 Å². The molecule has 5 rings (SSSR count). The zero-order chi connectivity index (χ0) is 16.9. The summed E-state index contributed by atoms with van der Waals surface area (Å²) in [7, 11) is -3.17.